The molecule has 134 valence electrons. The summed E-state index contributed by atoms with van der Waals surface area (Å²) in [5.41, 5.74) is 0.530. The summed E-state index contributed by atoms with van der Waals surface area (Å²) in [6.07, 6.45) is 8.48. The highest BCUT2D eigenvalue weighted by Crippen LogP contribution is 2.06. The van der Waals surface area contributed by atoms with E-state index in [4.69, 9.17) is 0 Å². The highest BCUT2D eigenvalue weighted by molar-refractivity contribution is 7.84. The van der Waals surface area contributed by atoms with Crippen LogP contribution >= 0.6 is 0 Å². The van der Waals surface area contributed by atoms with Gasteiger partial charge in [-0.05, 0) is 18.4 Å². The number of unbranched alkanes of at least 4 members (excludes halogenated alkanes) is 5. The molecular formula is C18H33NO3S. The molecule has 4 nitrogen and oxygen atoms in total. The zero-order valence-corrected chi connectivity index (χ0v) is 15.9. The Balaban J connectivity index is 0.000000422. The van der Waals surface area contributed by atoms with Gasteiger partial charge in [-0.3, -0.25) is 0 Å². The van der Waals surface area contributed by atoms with E-state index in [2.05, 4.69) is 28.1 Å². The van der Waals surface area contributed by atoms with Crippen molar-refractivity contribution in [3.8, 4) is 0 Å². The molecule has 0 atom stereocenters. The van der Waals surface area contributed by atoms with Crippen molar-refractivity contribution in [1.29, 1.82) is 0 Å². The summed E-state index contributed by atoms with van der Waals surface area (Å²) in [4.78, 5) is 0. The Morgan fingerprint density at radius 1 is 0.913 bits per heavy atom. The van der Waals surface area contributed by atoms with E-state index >= 15 is 0 Å². The lowest BCUT2D eigenvalue weighted by Crippen LogP contribution is -2.35. The van der Waals surface area contributed by atoms with Crippen LogP contribution in [0.25, 0.3) is 0 Å². The van der Waals surface area contributed by atoms with Crippen LogP contribution in [0.2, 0.25) is 0 Å². The highest BCUT2D eigenvalue weighted by Gasteiger charge is 2.04. The van der Waals surface area contributed by atoms with Gasteiger partial charge in [0, 0.05) is 0 Å². The topological polar surface area (TPSA) is 57.2 Å². The lowest BCUT2D eigenvalue weighted by Gasteiger charge is -2.23. The van der Waals surface area contributed by atoms with Gasteiger partial charge < -0.3 is 9.04 Å². The summed E-state index contributed by atoms with van der Waals surface area (Å²) >= 11 is 0. The fraction of sp³-hybridized carbons (Fsp3) is 0.667. The first kappa shape index (κ1) is 22.1. The fourth-order valence-electron chi connectivity index (χ4n) is 2.14. The van der Waals surface area contributed by atoms with Crippen molar-refractivity contribution in [3.05, 3.63) is 35.9 Å². The third kappa shape index (κ3) is 17.3. The molecule has 0 unspecified atom stereocenters. The molecule has 0 N–H and O–H groups in total. The quantitative estimate of drug-likeness (QED) is 0.389. The first-order valence-electron chi connectivity index (χ1n) is 8.42. The molecule has 0 bridgehead atoms. The third-order valence-electron chi connectivity index (χ3n) is 3.37. The molecule has 0 heterocycles. The SMILES string of the molecule is CCCCCCCC[N+](C)(C)C.O=S(=O)([O-])Cc1ccccc1. The molecular weight excluding hydrogens is 310 g/mol. The number of hydrogen-bond donors (Lipinski definition) is 0. The average molecular weight is 344 g/mol. The minimum absolute atomic E-state index is 0.423. The summed E-state index contributed by atoms with van der Waals surface area (Å²) < 4.78 is 31.9. The van der Waals surface area contributed by atoms with Gasteiger partial charge in [0.2, 0.25) is 0 Å². The highest BCUT2D eigenvalue weighted by atomic mass is 32.2. The van der Waals surface area contributed by atoms with Gasteiger partial charge in [-0.25, -0.2) is 8.42 Å². The van der Waals surface area contributed by atoms with Crippen molar-refractivity contribution in [2.24, 2.45) is 0 Å². The predicted molar refractivity (Wildman–Crippen MR) is 96.1 cm³/mol. The fourth-order valence-corrected chi connectivity index (χ4v) is 2.75. The maximum absolute atomic E-state index is 10.2. The summed E-state index contributed by atoms with van der Waals surface area (Å²) in [5, 5.41) is 0. The Bertz CT molecular complexity index is 493. The average Bonchev–Trinajstić information content (AvgIpc) is 2.41. The van der Waals surface area contributed by atoms with Gasteiger partial charge in [0.15, 0.2) is 0 Å². The van der Waals surface area contributed by atoms with Gasteiger partial charge in [-0.1, -0.05) is 62.9 Å². The molecule has 0 saturated heterocycles. The van der Waals surface area contributed by atoms with E-state index in [-0.39, 0.29) is 0 Å². The largest absolute Gasteiger partial charge is 0.748 e. The van der Waals surface area contributed by atoms with Crippen molar-refractivity contribution >= 4 is 10.1 Å². The normalized spacial score (nSPS) is 11.7. The number of benzene rings is 1. The zero-order chi connectivity index (χ0) is 17.8. The van der Waals surface area contributed by atoms with Gasteiger partial charge in [-0.15, -0.1) is 0 Å². The van der Waals surface area contributed by atoms with E-state index in [0.717, 1.165) is 4.48 Å². The van der Waals surface area contributed by atoms with Crippen LogP contribution in [0, 0.1) is 0 Å². The Kier molecular flexibility index (Phi) is 11.1. The van der Waals surface area contributed by atoms with Crippen LogP contribution in [0.1, 0.15) is 51.0 Å². The van der Waals surface area contributed by atoms with Gasteiger partial charge in [0.1, 0.15) is 0 Å². The summed E-state index contributed by atoms with van der Waals surface area (Å²) in [7, 11) is 2.68. The predicted octanol–water partition coefficient (Wildman–Crippen LogP) is 3.78. The zero-order valence-electron chi connectivity index (χ0n) is 15.1. The van der Waals surface area contributed by atoms with E-state index in [1.807, 2.05) is 0 Å². The number of quaternary nitrogens is 1. The molecule has 0 aromatic heterocycles. The summed E-state index contributed by atoms with van der Waals surface area (Å²) in [6.45, 7) is 3.60. The van der Waals surface area contributed by atoms with Crippen molar-refractivity contribution < 1.29 is 17.5 Å². The van der Waals surface area contributed by atoms with Crippen molar-refractivity contribution in [1.82, 2.24) is 0 Å². The maximum atomic E-state index is 10.2. The molecule has 0 spiro atoms. The Hall–Kier alpha value is -0.910. The smallest absolute Gasteiger partial charge is 0.0988 e. The Labute approximate surface area is 142 Å². The monoisotopic (exact) mass is 343 g/mol. The van der Waals surface area contributed by atoms with Crippen LogP contribution in [-0.4, -0.2) is 45.1 Å². The molecule has 0 amide bonds. The lowest BCUT2D eigenvalue weighted by molar-refractivity contribution is -0.870. The molecule has 0 saturated carbocycles. The second-order valence-corrected chi connectivity index (χ2v) is 8.37. The Morgan fingerprint density at radius 3 is 1.91 bits per heavy atom. The van der Waals surface area contributed by atoms with Crippen LogP contribution in [0.4, 0.5) is 0 Å². The van der Waals surface area contributed by atoms with Crippen LogP contribution in [0.5, 0.6) is 0 Å². The van der Waals surface area contributed by atoms with Crippen molar-refractivity contribution in [3.63, 3.8) is 0 Å². The molecule has 1 aromatic carbocycles. The minimum Gasteiger partial charge on any atom is -0.748 e. The van der Waals surface area contributed by atoms with E-state index < -0.39 is 15.9 Å². The van der Waals surface area contributed by atoms with E-state index in [1.165, 1.54) is 45.1 Å². The molecule has 0 fully saturated rings. The molecule has 0 aliphatic carbocycles. The van der Waals surface area contributed by atoms with Crippen LogP contribution in [0.3, 0.4) is 0 Å². The first-order valence-corrected chi connectivity index (χ1v) is 10.00. The summed E-state index contributed by atoms with van der Waals surface area (Å²) in [6, 6.07) is 8.37. The number of hydrogen-bond acceptors (Lipinski definition) is 3. The maximum Gasteiger partial charge on any atom is 0.0988 e. The summed E-state index contributed by atoms with van der Waals surface area (Å²) in [5.74, 6) is -0.423. The molecule has 23 heavy (non-hydrogen) atoms. The molecule has 5 heteroatoms. The van der Waals surface area contributed by atoms with Crippen molar-refractivity contribution in [2.75, 3.05) is 27.7 Å². The number of nitrogens with zero attached hydrogens (tertiary/aromatic N) is 1. The second-order valence-electron chi connectivity index (χ2n) is 6.97. The standard InChI is InChI=1S/C11H26N.C7H8O3S/c1-5-6-7-8-9-10-11-12(2,3)4;8-11(9,10)6-7-4-2-1-3-5-7/h5-11H2,1-4H3;1-5H,6H2,(H,8,9,10)/q+1;/p-1. The first-order chi connectivity index (χ1) is 10.6. The second kappa shape index (κ2) is 11.6. The van der Waals surface area contributed by atoms with Gasteiger partial charge in [0.05, 0.1) is 43.6 Å². The van der Waals surface area contributed by atoms with E-state index in [1.54, 1.807) is 30.3 Å². The molecule has 0 aliphatic heterocycles. The molecule has 0 radical (unpaired) electrons. The van der Waals surface area contributed by atoms with E-state index in [9.17, 15) is 13.0 Å². The van der Waals surface area contributed by atoms with Crippen LogP contribution in [0.15, 0.2) is 30.3 Å². The van der Waals surface area contributed by atoms with E-state index in [0.29, 0.717) is 5.56 Å². The number of rotatable bonds is 9. The third-order valence-corrected chi connectivity index (χ3v) is 4.06. The van der Waals surface area contributed by atoms with Crippen molar-refractivity contribution in [2.45, 2.75) is 51.2 Å². The lowest BCUT2D eigenvalue weighted by atomic mass is 10.1. The molecule has 1 aromatic rings. The van der Waals surface area contributed by atoms with Gasteiger partial charge in [0.25, 0.3) is 0 Å². The van der Waals surface area contributed by atoms with Crippen LogP contribution < -0.4 is 0 Å². The van der Waals surface area contributed by atoms with Crippen LogP contribution in [-0.2, 0) is 15.9 Å². The van der Waals surface area contributed by atoms with Gasteiger partial charge in [-0.2, -0.15) is 0 Å². The van der Waals surface area contributed by atoms with Gasteiger partial charge >= 0.3 is 0 Å². The molecule has 0 aliphatic rings. The molecule has 1 rings (SSSR count). The minimum atomic E-state index is -4.13. The Morgan fingerprint density at radius 2 is 1.43 bits per heavy atom.